The Balaban J connectivity index is 1.89. The normalized spacial score (nSPS) is 35.1. The summed E-state index contributed by atoms with van der Waals surface area (Å²) in [7, 11) is 0. The molecule has 2 aliphatic rings. The molecule has 1 N–H and O–H groups in total. The Morgan fingerprint density at radius 2 is 2.17 bits per heavy atom. The maximum Gasteiger partial charge on any atom is 0.217 e. The highest BCUT2D eigenvalue weighted by atomic mass is 16.5. The smallest absolute Gasteiger partial charge is 0.217 e. The third-order valence-electron chi connectivity index (χ3n) is 2.61. The van der Waals surface area contributed by atoms with Gasteiger partial charge in [0.2, 0.25) is 5.91 Å². The molecule has 3 nitrogen and oxygen atoms in total. The first-order valence-electron chi connectivity index (χ1n) is 4.66. The number of hydrogen-bond acceptors (Lipinski definition) is 2. The first-order chi connectivity index (χ1) is 5.77. The second-order valence-corrected chi connectivity index (χ2v) is 3.77. The average molecular weight is 169 g/mol. The van der Waals surface area contributed by atoms with E-state index < -0.39 is 0 Å². The first kappa shape index (κ1) is 8.05. The Hall–Kier alpha value is -0.570. The fourth-order valence-corrected chi connectivity index (χ4v) is 1.92. The van der Waals surface area contributed by atoms with Crippen molar-refractivity contribution in [1.29, 1.82) is 0 Å². The van der Waals surface area contributed by atoms with E-state index in [1.807, 2.05) is 0 Å². The van der Waals surface area contributed by atoms with Gasteiger partial charge in [0.1, 0.15) is 0 Å². The van der Waals surface area contributed by atoms with Crippen LogP contribution in [0.2, 0.25) is 0 Å². The van der Waals surface area contributed by atoms with Crippen molar-refractivity contribution in [3.63, 3.8) is 0 Å². The number of carbonyl (C=O) groups excluding carboxylic acids is 1. The van der Waals surface area contributed by atoms with E-state index in [0.29, 0.717) is 6.10 Å². The number of ether oxygens (including phenoxy) is 1. The lowest BCUT2D eigenvalue weighted by atomic mass is 10.1. The van der Waals surface area contributed by atoms with E-state index in [0.717, 1.165) is 18.9 Å². The third-order valence-corrected chi connectivity index (χ3v) is 2.61. The maximum absolute atomic E-state index is 10.8. The summed E-state index contributed by atoms with van der Waals surface area (Å²) in [6.45, 7) is 2.38. The Kier molecular flexibility index (Phi) is 2.05. The summed E-state index contributed by atoms with van der Waals surface area (Å²) < 4.78 is 5.58. The van der Waals surface area contributed by atoms with Crippen molar-refractivity contribution >= 4 is 5.91 Å². The van der Waals surface area contributed by atoms with Crippen LogP contribution in [0.3, 0.4) is 0 Å². The van der Waals surface area contributed by atoms with E-state index >= 15 is 0 Å². The molecular formula is C9H15NO2. The molecule has 1 aliphatic carbocycles. The Bertz CT molecular complexity index is 189. The SMILES string of the molecule is CC(=O)NC1CCOC1C1CC1. The van der Waals surface area contributed by atoms with E-state index in [1.165, 1.54) is 12.8 Å². The van der Waals surface area contributed by atoms with E-state index in [1.54, 1.807) is 6.92 Å². The van der Waals surface area contributed by atoms with Crippen LogP contribution in [0.15, 0.2) is 0 Å². The van der Waals surface area contributed by atoms with Gasteiger partial charge in [0.15, 0.2) is 0 Å². The largest absolute Gasteiger partial charge is 0.376 e. The molecule has 2 unspecified atom stereocenters. The lowest BCUT2D eigenvalue weighted by molar-refractivity contribution is -0.120. The molecule has 0 aromatic rings. The number of carbonyl (C=O) groups is 1. The van der Waals surface area contributed by atoms with Gasteiger partial charge in [-0.3, -0.25) is 4.79 Å². The van der Waals surface area contributed by atoms with E-state index in [4.69, 9.17) is 4.74 Å². The van der Waals surface area contributed by atoms with Crippen LogP contribution in [0.1, 0.15) is 26.2 Å². The second kappa shape index (κ2) is 3.05. The van der Waals surface area contributed by atoms with Crippen LogP contribution in [0.5, 0.6) is 0 Å². The summed E-state index contributed by atoms with van der Waals surface area (Å²) >= 11 is 0. The Labute approximate surface area is 72.5 Å². The van der Waals surface area contributed by atoms with E-state index in [9.17, 15) is 4.79 Å². The second-order valence-electron chi connectivity index (χ2n) is 3.77. The van der Waals surface area contributed by atoms with Crippen molar-refractivity contribution in [3.8, 4) is 0 Å². The molecule has 1 amide bonds. The van der Waals surface area contributed by atoms with Gasteiger partial charge in [0, 0.05) is 13.5 Å². The number of amides is 1. The van der Waals surface area contributed by atoms with Gasteiger partial charge >= 0.3 is 0 Å². The summed E-state index contributed by atoms with van der Waals surface area (Å²) in [5, 5.41) is 2.95. The zero-order valence-corrected chi connectivity index (χ0v) is 7.38. The Morgan fingerprint density at radius 3 is 2.75 bits per heavy atom. The molecule has 2 fully saturated rings. The molecule has 1 heterocycles. The highest BCUT2D eigenvalue weighted by Crippen LogP contribution is 2.38. The van der Waals surface area contributed by atoms with Crippen molar-refractivity contribution in [2.24, 2.45) is 5.92 Å². The van der Waals surface area contributed by atoms with Crippen molar-refractivity contribution < 1.29 is 9.53 Å². The highest BCUT2D eigenvalue weighted by molar-refractivity contribution is 5.73. The molecular weight excluding hydrogens is 154 g/mol. The third kappa shape index (κ3) is 1.61. The molecule has 2 atom stereocenters. The first-order valence-corrected chi connectivity index (χ1v) is 4.66. The fourth-order valence-electron chi connectivity index (χ4n) is 1.92. The van der Waals surface area contributed by atoms with Gasteiger partial charge in [0.25, 0.3) is 0 Å². The lowest BCUT2D eigenvalue weighted by Gasteiger charge is -2.18. The highest BCUT2D eigenvalue weighted by Gasteiger charge is 2.40. The molecule has 3 heteroatoms. The van der Waals surface area contributed by atoms with Crippen LogP contribution in [-0.2, 0) is 9.53 Å². The van der Waals surface area contributed by atoms with Crippen LogP contribution in [-0.4, -0.2) is 24.7 Å². The van der Waals surface area contributed by atoms with Crippen molar-refractivity contribution in [1.82, 2.24) is 5.32 Å². The molecule has 68 valence electrons. The van der Waals surface area contributed by atoms with Gasteiger partial charge in [-0.15, -0.1) is 0 Å². The molecule has 0 spiro atoms. The van der Waals surface area contributed by atoms with Crippen molar-refractivity contribution in [2.45, 2.75) is 38.3 Å². The van der Waals surface area contributed by atoms with Gasteiger partial charge in [-0.2, -0.15) is 0 Å². The van der Waals surface area contributed by atoms with Gasteiger partial charge < -0.3 is 10.1 Å². The Morgan fingerprint density at radius 1 is 1.42 bits per heavy atom. The number of rotatable bonds is 2. The molecule has 12 heavy (non-hydrogen) atoms. The summed E-state index contributed by atoms with van der Waals surface area (Å²) in [5.41, 5.74) is 0. The molecule has 1 aliphatic heterocycles. The minimum atomic E-state index is 0.0659. The van der Waals surface area contributed by atoms with Crippen LogP contribution in [0.25, 0.3) is 0 Å². The molecule has 1 saturated carbocycles. The quantitative estimate of drug-likeness (QED) is 0.660. The van der Waals surface area contributed by atoms with Crippen LogP contribution < -0.4 is 5.32 Å². The molecule has 0 aromatic heterocycles. The van der Waals surface area contributed by atoms with Crippen LogP contribution in [0, 0.1) is 5.92 Å². The fraction of sp³-hybridized carbons (Fsp3) is 0.889. The van der Waals surface area contributed by atoms with Gasteiger partial charge in [0.05, 0.1) is 12.1 Å². The minimum Gasteiger partial charge on any atom is -0.376 e. The van der Waals surface area contributed by atoms with Crippen LogP contribution in [0.4, 0.5) is 0 Å². The zero-order chi connectivity index (χ0) is 8.55. The number of hydrogen-bond donors (Lipinski definition) is 1. The molecule has 2 rings (SSSR count). The molecule has 0 radical (unpaired) electrons. The van der Waals surface area contributed by atoms with Crippen LogP contribution >= 0.6 is 0 Å². The van der Waals surface area contributed by atoms with E-state index in [2.05, 4.69) is 5.32 Å². The summed E-state index contributed by atoms with van der Waals surface area (Å²) in [4.78, 5) is 10.8. The van der Waals surface area contributed by atoms with Gasteiger partial charge in [-0.05, 0) is 25.2 Å². The standard InChI is InChI=1S/C9H15NO2/c1-6(11)10-8-4-5-12-9(8)7-2-3-7/h7-9H,2-5H2,1H3,(H,10,11). The average Bonchev–Trinajstić information content (AvgIpc) is 2.73. The molecule has 0 bridgehead atoms. The van der Waals surface area contributed by atoms with Gasteiger partial charge in [-0.1, -0.05) is 0 Å². The predicted octanol–water partition coefficient (Wildman–Crippen LogP) is 0.690. The molecule has 0 aromatic carbocycles. The van der Waals surface area contributed by atoms with Gasteiger partial charge in [-0.25, -0.2) is 0 Å². The summed E-state index contributed by atoms with van der Waals surface area (Å²) in [5.74, 6) is 0.792. The summed E-state index contributed by atoms with van der Waals surface area (Å²) in [6.07, 6.45) is 3.86. The van der Waals surface area contributed by atoms with E-state index in [-0.39, 0.29) is 11.9 Å². The molecule has 1 saturated heterocycles. The predicted molar refractivity (Wildman–Crippen MR) is 44.7 cm³/mol. The maximum atomic E-state index is 10.8. The lowest BCUT2D eigenvalue weighted by Crippen LogP contribution is -2.40. The summed E-state index contributed by atoms with van der Waals surface area (Å²) in [6, 6.07) is 0.287. The number of nitrogens with one attached hydrogen (secondary N) is 1. The van der Waals surface area contributed by atoms with Crippen molar-refractivity contribution in [3.05, 3.63) is 0 Å². The monoisotopic (exact) mass is 169 g/mol. The minimum absolute atomic E-state index is 0.0659. The van der Waals surface area contributed by atoms with Crippen molar-refractivity contribution in [2.75, 3.05) is 6.61 Å². The topological polar surface area (TPSA) is 38.3 Å². The zero-order valence-electron chi connectivity index (χ0n) is 7.38.